The first kappa shape index (κ1) is 10.6. The molecule has 0 saturated carbocycles. The van der Waals surface area contributed by atoms with Gasteiger partial charge in [0.15, 0.2) is 0 Å². The van der Waals surface area contributed by atoms with E-state index in [4.69, 9.17) is 0 Å². The minimum absolute atomic E-state index is 0.163. The average Bonchev–Trinajstić information content (AvgIpc) is 2.77. The number of benzene rings is 1. The Labute approximate surface area is 101 Å². The van der Waals surface area contributed by atoms with Gasteiger partial charge in [0.1, 0.15) is 5.39 Å². The molecule has 90 valence electrons. The standard InChI is InChI=1S/C13H11N3O2/c1-2-7-16-9-6-4-3-5-8(9)11-10(13(16)18)12(17)15-14-11/h2-6H,1,7H2,(H2,14,15,17). The third-order valence-electron chi connectivity index (χ3n) is 3.01. The summed E-state index contributed by atoms with van der Waals surface area (Å²) in [6.07, 6.45) is 1.64. The van der Waals surface area contributed by atoms with Crippen molar-refractivity contribution in [3.63, 3.8) is 0 Å². The largest absolute Gasteiger partial charge is 0.304 e. The van der Waals surface area contributed by atoms with E-state index in [1.54, 1.807) is 10.6 Å². The molecule has 1 aromatic carbocycles. The van der Waals surface area contributed by atoms with Gasteiger partial charge >= 0.3 is 0 Å². The highest BCUT2D eigenvalue weighted by Gasteiger charge is 2.13. The summed E-state index contributed by atoms with van der Waals surface area (Å²) in [6, 6.07) is 7.46. The molecular formula is C13H11N3O2. The van der Waals surface area contributed by atoms with E-state index in [2.05, 4.69) is 16.8 Å². The van der Waals surface area contributed by atoms with Gasteiger partial charge in [-0.2, -0.15) is 0 Å². The van der Waals surface area contributed by atoms with Crippen molar-refractivity contribution in [3.05, 3.63) is 57.6 Å². The molecule has 0 saturated heterocycles. The van der Waals surface area contributed by atoms with Gasteiger partial charge in [0.2, 0.25) is 0 Å². The summed E-state index contributed by atoms with van der Waals surface area (Å²) in [6.45, 7) is 4.02. The maximum atomic E-state index is 12.3. The molecule has 2 N–H and O–H groups in total. The van der Waals surface area contributed by atoms with Crippen LogP contribution in [-0.4, -0.2) is 14.8 Å². The van der Waals surface area contributed by atoms with E-state index in [0.717, 1.165) is 10.9 Å². The Balaban J connectivity index is 2.68. The molecule has 18 heavy (non-hydrogen) atoms. The number of aromatic amines is 2. The van der Waals surface area contributed by atoms with Crippen molar-refractivity contribution in [2.45, 2.75) is 6.54 Å². The SMILES string of the molecule is C=CCn1c(=O)c2c(=O)[nH][nH]c2c2ccccc21. The van der Waals surface area contributed by atoms with Crippen molar-refractivity contribution in [1.82, 2.24) is 14.8 Å². The lowest BCUT2D eigenvalue weighted by Gasteiger charge is -2.08. The molecule has 2 aromatic heterocycles. The summed E-state index contributed by atoms with van der Waals surface area (Å²) >= 11 is 0. The number of rotatable bonds is 2. The van der Waals surface area contributed by atoms with Gasteiger partial charge in [-0.05, 0) is 6.07 Å². The van der Waals surface area contributed by atoms with Crippen molar-refractivity contribution in [3.8, 4) is 0 Å². The van der Waals surface area contributed by atoms with Crippen molar-refractivity contribution < 1.29 is 0 Å². The molecule has 0 amide bonds. The zero-order chi connectivity index (χ0) is 12.7. The first-order valence-corrected chi connectivity index (χ1v) is 5.57. The van der Waals surface area contributed by atoms with E-state index in [-0.39, 0.29) is 10.9 Å². The molecule has 0 unspecified atom stereocenters. The Hall–Kier alpha value is -2.56. The van der Waals surface area contributed by atoms with Crippen LogP contribution in [0.5, 0.6) is 0 Å². The quantitative estimate of drug-likeness (QED) is 0.665. The van der Waals surface area contributed by atoms with Crippen LogP contribution in [0.25, 0.3) is 21.8 Å². The summed E-state index contributed by atoms with van der Waals surface area (Å²) in [7, 11) is 0. The average molecular weight is 241 g/mol. The molecule has 3 rings (SSSR count). The molecule has 2 heterocycles. The number of pyridine rings is 1. The van der Waals surface area contributed by atoms with Gasteiger partial charge in [0, 0.05) is 11.9 Å². The summed E-state index contributed by atoms with van der Waals surface area (Å²) in [5.41, 5.74) is 0.649. The number of nitrogens with zero attached hydrogens (tertiary/aromatic N) is 1. The van der Waals surface area contributed by atoms with Gasteiger partial charge < -0.3 is 4.57 Å². The van der Waals surface area contributed by atoms with Crippen molar-refractivity contribution >= 4 is 21.8 Å². The molecule has 5 heteroatoms. The Morgan fingerprint density at radius 1 is 1.22 bits per heavy atom. The van der Waals surface area contributed by atoms with Crippen LogP contribution >= 0.6 is 0 Å². The van der Waals surface area contributed by atoms with Crippen LogP contribution in [0.3, 0.4) is 0 Å². The molecule has 0 fully saturated rings. The lowest BCUT2D eigenvalue weighted by atomic mass is 10.1. The maximum absolute atomic E-state index is 12.3. The first-order valence-electron chi connectivity index (χ1n) is 5.57. The van der Waals surface area contributed by atoms with Crippen LogP contribution in [0.2, 0.25) is 0 Å². The van der Waals surface area contributed by atoms with Gasteiger partial charge in [-0.3, -0.25) is 19.8 Å². The predicted molar refractivity (Wildman–Crippen MR) is 70.9 cm³/mol. The number of fused-ring (bicyclic) bond motifs is 3. The molecule has 0 atom stereocenters. The number of nitrogens with one attached hydrogen (secondary N) is 2. The molecule has 0 radical (unpaired) electrons. The highest BCUT2D eigenvalue weighted by Crippen LogP contribution is 2.18. The van der Waals surface area contributed by atoms with Crippen LogP contribution in [-0.2, 0) is 6.54 Å². The Morgan fingerprint density at radius 2 is 2.00 bits per heavy atom. The predicted octanol–water partition coefficient (Wildman–Crippen LogP) is 1.36. The molecule has 3 aromatic rings. The minimum Gasteiger partial charge on any atom is -0.304 e. The normalized spacial score (nSPS) is 11.1. The van der Waals surface area contributed by atoms with Gasteiger partial charge in [0.05, 0.1) is 11.0 Å². The zero-order valence-electron chi connectivity index (χ0n) is 9.56. The summed E-state index contributed by atoms with van der Waals surface area (Å²) < 4.78 is 1.55. The minimum atomic E-state index is -0.390. The van der Waals surface area contributed by atoms with Crippen LogP contribution in [0, 0.1) is 0 Å². The second kappa shape index (κ2) is 3.73. The van der Waals surface area contributed by atoms with Crippen LogP contribution in [0.1, 0.15) is 0 Å². The molecule has 0 spiro atoms. The Bertz CT molecular complexity index is 867. The molecule has 5 nitrogen and oxygen atoms in total. The Morgan fingerprint density at radius 3 is 2.78 bits per heavy atom. The topological polar surface area (TPSA) is 70.7 Å². The van der Waals surface area contributed by atoms with Gasteiger partial charge in [-0.1, -0.05) is 24.3 Å². The van der Waals surface area contributed by atoms with Gasteiger partial charge in [-0.25, -0.2) is 0 Å². The third-order valence-corrected chi connectivity index (χ3v) is 3.01. The number of hydrogen-bond acceptors (Lipinski definition) is 2. The van der Waals surface area contributed by atoms with E-state index in [1.807, 2.05) is 24.3 Å². The maximum Gasteiger partial charge on any atom is 0.277 e. The van der Waals surface area contributed by atoms with Crippen LogP contribution < -0.4 is 11.1 Å². The lowest BCUT2D eigenvalue weighted by Crippen LogP contribution is -2.23. The molecule has 0 aliphatic rings. The molecule has 0 aliphatic carbocycles. The van der Waals surface area contributed by atoms with E-state index >= 15 is 0 Å². The van der Waals surface area contributed by atoms with Crippen molar-refractivity contribution in [2.75, 3.05) is 0 Å². The number of para-hydroxylation sites is 1. The molecule has 0 aliphatic heterocycles. The Kier molecular flexibility index (Phi) is 2.19. The lowest BCUT2D eigenvalue weighted by molar-refractivity contribution is 0.827. The van der Waals surface area contributed by atoms with E-state index in [0.29, 0.717) is 12.1 Å². The summed E-state index contributed by atoms with van der Waals surface area (Å²) in [5, 5.41) is 6.23. The third kappa shape index (κ3) is 1.27. The highest BCUT2D eigenvalue weighted by atomic mass is 16.1. The second-order valence-corrected chi connectivity index (χ2v) is 4.05. The van der Waals surface area contributed by atoms with Gasteiger partial charge in [0.25, 0.3) is 11.1 Å². The van der Waals surface area contributed by atoms with E-state index < -0.39 is 5.56 Å². The monoisotopic (exact) mass is 241 g/mol. The fraction of sp³-hybridized carbons (Fsp3) is 0.0769. The van der Waals surface area contributed by atoms with Gasteiger partial charge in [-0.15, -0.1) is 6.58 Å². The summed E-state index contributed by atoms with van der Waals surface area (Å²) in [5.74, 6) is 0. The summed E-state index contributed by atoms with van der Waals surface area (Å²) in [4.78, 5) is 24.0. The molecule has 0 bridgehead atoms. The fourth-order valence-corrected chi connectivity index (χ4v) is 2.24. The van der Waals surface area contributed by atoms with Crippen LogP contribution in [0.15, 0.2) is 46.5 Å². The fourth-order valence-electron chi connectivity index (χ4n) is 2.24. The number of H-pyrrole nitrogens is 2. The van der Waals surface area contributed by atoms with Crippen molar-refractivity contribution in [1.29, 1.82) is 0 Å². The highest BCUT2D eigenvalue weighted by molar-refractivity contribution is 6.02. The number of aromatic nitrogens is 3. The first-order chi connectivity index (χ1) is 8.74. The molecular weight excluding hydrogens is 230 g/mol. The number of hydrogen-bond donors (Lipinski definition) is 2. The van der Waals surface area contributed by atoms with E-state index in [9.17, 15) is 9.59 Å². The second-order valence-electron chi connectivity index (χ2n) is 4.05. The number of allylic oxidation sites excluding steroid dienone is 1. The smallest absolute Gasteiger partial charge is 0.277 e. The van der Waals surface area contributed by atoms with E-state index in [1.165, 1.54) is 0 Å². The van der Waals surface area contributed by atoms with Crippen LogP contribution in [0.4, 0.5) is 0 Å². The van der Waals surface area contributed by atoms with Crippen molar-refractivity contribution in [2.24, 2.45) is 0 Å². The zero-order valence-corrected chi connectivity index (χ0v) is 9.56.